The molecular weight excluding hydrogens is 302 g/mol. The minimum Gasteiger partial charge on any atom is -0.477 e. The van der Waals surface area contributed by atoms with Gasteiger partial charge in [0, 0.05) is 0 Å². The lowest BCUT2D eigenvalue weighted by Crippen LogP contribution is -2.57. The highest BCUT2D eigenvalue weighted by molar-refractivity contribution is 5.73. The second-order valence-corrected chi connectivity index (χ2v) is 5.92. The van der Waals surface area contributed by atoms with Crippen molar-refractivity contribution in [1.29, 1.82) is 0 Å². The van der Waals surface area contributed by atoms with E-state index in [2.05, 4.69) is 6.58 Å². The molecule has 7 nitrogen and oxygen atoms in total. The molecule has 0 rings (SSSR count). The molecule has 132 valence electrons. The first-order valence-corrected chi connectivity index (χ1v) is 7.93. The molecule has 0 fully saturated rings. The number of allylic oxidation sites excluding steroid dienone is 1. The van der Waals surface area contributed by atoms with Crippen LogP contribution in [0.4, 0.5) is 0 Å². The van der Waals surface area contributed by atoms with Gasteiger partial charge in [-0.15, -0.1) is 6.58 Å². The summed E-state index contributed by atoms with van der Waals surface area (Å²) in [5.74, 6) is -3.55. The van der Waals surface area contributed by atoms with Gasteiger partial charge in [-0.1, -0.05) is 25.3 Å². The first-order valence-electron chi connectivity index (χ1n) is 7.93. The van der Waals surface area contributed by atoms with Crippen molar-refractivity contribution in [3.8, 4) is 0 Å². The lowest BCUT2D eigenvalue weighted by atomic mass is 10.1. The molecule has 0 unspecified atom stereocenters. The van der Waals surface area contributed by atoms with Crippen LogP contribution >= 0.6 is 0 Å². The highest BCUT2D eigenvalue weighted by Gasteiger charge is 2.35. The van der Waals surface area contributed by atoms with E-state index in [0.717, 1.165) is 38.5 Å². The van der Waals surface area contributed by atoms with Crippen LogP contribution in [0.25, 0.3) is 0 Å². The first-order chi connectivity index (χ1) is 10.8. The van der Waals surface area contributed by atoms with Crippen molar-refractivity contribution < 1.29 is 34.2 Å². The van der Waals surface area contributed by atoms with E-state index in [1.165, 1.54) is 0 Å². The Balaban J connectivity index is 4.43. The number of quaternary nitrogens is 1. The summed E-state index contributed by atoms with van der Waals surface area (Å²) in [6.07, 6.45) is 8.58. The third-order valence-corrected chi connectivity index (χ3v) is 3.70. The number of carboxylic acids is 3. The Morgan fingerprint density at radius 1 is 0.739 bits per heavy atom. The zero-order chi connectivity index (χ0) is 17.7. The Morgan fingerprint density at radius 3 is 1.52 bits per heavy atom. The maximum atomic E-state index is 11.0. The predicted octanol–water partition coefficient (Wildman–Crippen LogP) is 1.97. The number of hydrogen-bond donors (Lipinski definition) is 3. The molecule has 0 aliphatic rings. The molecule has 0 aromatic carbocycles. The van der Waals surface area contributed by atoms with Gasteiger partial charge in [-0.25, -0.2) is 14.4 Å². The van der Waals surface area contributed by atoms with Gasteiger partial charge in [0.1, 0.15) is 0 Å². The quantitative estimate of drug-likeness (QED) is 0.240. The molecule has 0 bridgehead atoms. The minimum absolute atomic E-state index is 0.248. The average molecular weight is 330 g/mol. The van der Waals surface area contributed by atoms with E-state index in [1.54, 1.807) is 0 Å². The van der Waals surface area contributed by atoms with Crippen molar-refractivity contribution in [3.63, 3.8) is 0 Å². The van der Waals surface area contributed by atoms with E-state index in [9.17, 15) is 14.4 Å². The van der Waals surface area contributed by atoms with Gasteiger partial charge in [0.05, 0.1) is 6.54 Å². The van der Waals surface area contributed by atoms with Crippen LogP contribution in [0.2, 0.25) is 0 Å². The van der Waals surface area contributed by atoms with Gasteiger partial charge >= 0.3 is 17.9 Å². The van der Waals surface area contributed by atoms with E-state index >= 15 is 0 Å². The monoisotopic (exact) mass is 330 g/mol. The number of carbonyl (C=O) groups is 3. The first kappa shape index (κ1) is 21.1. The molecule has 0 aromatic rings. The second kappa shape index (κ2) is 11.6. The number of carboxylic acid groups (broad SMARTS) is 3. The Morgan fingerprint density at radius 2 is 1.13 bits per heavy atom. The standard InChI is InChI=1S/C16H27NO6/c1-2-3-4-5-6-7-8-9-10-17(11-14(18)19,12-15(20)21)13-16(22)23/h2H,1,3-13H2,(H2-,18,19,20,21,22,23)/p+1. The summed E-state index contributed by atoms with van der Waals surface area (Å²) in [4.78, 5) is 33.0. The molecule has 0 amide bonds. The predicted molar refractivity (Wildman–Crippen MR) is 85.2 cm³/mol. The minimum atomic E-state index is -1.18. The van der Waals surface area contributed by atoms with Crippen molar-refractivity contribution in [3.05, 3.63) is 12.7 Å². The molecule has 7 heteroatoms. The maximum absolute atomic E-state index is 11.0. The fraction of sp³-hybridized carbons (Fsp3) is 0.688. The summed E-state index contributed by atoms with van der Waals surface area (Å²) in [5, 5.41) is 27.0. The van der Waals surface area contributed by atoms with E-state index in [4.69, 9.17) is 15.3 Å². The van der Waals surface area contributed by atoms with Gasteiger partial charge in [0.15, 0.2) is 19.6 Å². The molecule has 0 atom stereocenters. The summed E-state index contributed by atoms with van der Waals surface area (Å²) in [7, 11) is 0. The molecule has 0 saturated carbocycles. The number of rotatable bonds is 15. The third kappa shape index (κ3) is 11.3. The van der Waals surface area contributed by atoms with Crippen LogP contribution in [0, 0.1) is 0 Å². The van der Waals surface area contributed by atoms with E-state index < -0.39 is 42.0 Å². The number of hydrogen-bond acceptors (Lipinski definition) is 3. The molecule has 0 heterocycles. The SMILES string of the molecule is C=CCCCCCCCC[N+](CC(=O)O)(CC(=O)O)CC(=O)O. The van der Waals surface area contributed by atoms with E-state index in [0.29, 0.717) is 6.42 Å². The smallest absolute Gasteiger partial charge is 0.359 e. The van der Waals surface area contributed by atoms with Gasteiger partial charge in [-0.3, -0.25) is 4.48 Å². The number of aliphatic carboxylic acids is 3. The van der Waals surface area contributed by atoms with Crippen LogP contribution in [0.5, 0.6) is 0 Å². The number of unbranched alkanes of at least 4 members (excludes halogenated alkanes) is 6. The molecule has 0 spiro atoms. The van der Waals surface area contributed by atoms with Crippen molar-refractivity contribution >= 4 is 17.9 Å². The summed E-state index contributed by atoms with van der Waals surface area (Å²) in [5.41, 5.74) is 0. The topological polar surface area (TPSA) is 112 Å². The fourth-order valence-electron chi connectivity index (χ4n) is 2.71. The molecule has 23 heavy (non-hydrogen) atoms. The van der Waals surface area contributed by atoms with E-state index in [-0.39, 0.29) is 6.54 Å². The van der Waals surface area contributed by atoms with Crippen LogP contribution in [-0.2, 0) is 14.4 Å². The van der Waals surface area contributed by atoms with Crippen LogP contribution in [0.1, 0.15) is 44.9 Å². The summed E-state index contributed by atoms with van der Waals surface area (Å²) in [6.45, 7) is 2.44. The second-order valence-electron chi connectivity index (χ2n) is 5.92. The lowest BCUT2D eigenvalue weighted by molar-refractivity contribution is -0.907. The van der Waals surface area contributed by atoms with Crippen LogP contribution in [-0.4, -0.2) is 63.9 Å². The molecule has 3 N–H and O–H groups in total. The lowest BCUT2D eigenvalue weighted by Gasteiger charge is -2.34. The molecule has 0 aliphatic heterocycles. The molecular formula is C16H28NO6+. The molecule has 0 aliphatic carbocycles. The van der Waals surface area contributed by atoms with Crippen molar-refractivity contribution in [2.45, 2.75) is 44.9 Å². The normalized spacial score (nSPS) is 11.1. The third-order valence-electron chi connectivity index (χ3n) is 3.70. The highest BCUT2D eigenvalue weighted by atomic mass is 16.4. The Hall–Kier alpha value is -1.89. The van der Waals surface area contributed by atoms with Gasteiger partial charge in [0.25, 0.3) is 0 Å². The van der Waals surface area contributed by atoms with Gasteiger partial charge in [-0.2, -0.15) is 0 Å². The Kier molecular flexibility index (Phi) is 10.7. The Bertz CT molecular complexity index is 367. The molecule has 0 radical (unpaired) electrons. The van der Waals surface area contributed by atoms with Gasteiger partial charge < -0.3 is 15.3 Å². The fourth-order valence-corrected chi connectivity index (χ4v) is 2.71. The van der Waals surface area contributed by atoms with Crippen molar-refractivity contribution in [2.75, 3.05) is 26.2 Å². The van der Waals surface area contributed by atoms with Crippen LogP contribution in [0.15, 0.2) is 12.7 Å². The average Bonchev–Trinajstić information content (AvgIpc) is 2.39. The molecule has 0 aromatic heterocycles. The van der Waals surface area contributed by atoms with Gasteiger partial charge in [0.2, 0.25) is 0 Å². The highest BCUT2D eigenvalue weighted by Crippen LogP contribution is 2.13. The van der Waals surface area contributed by atoms with Crippen LogP contribution in [0.3, 0.4) is 0 Å². The van der Waals surface area contributed by atoms with Crippen molar-refractivity contribution in [2.24, 2.45) is 0 Å². The zero-order valence-electron chi connectivity index (χ0n) is 13.6. The molecule has 0 saturated heterocycles. The van der Waals surface area contributed by atoms with Gasteiger partial charge in [-0.05, 0) is 25.7 Å². The maximum Gasteiger partial charge on any atom is 0.359 e. The summed E-state index contributed by atoms with van der Waals surface area (Å²) in [6, 6.07) is 0. The number of nitrogens with zero attached hydrogens (tertiary/aromatic N) is 1. The summed E-state index contributed by atoms with van der Waals surface area (Å²) < 4.78 is -0.448. The van der Waals surface area contributed by atoms with Crippen molar-refractivity contribution in [1.82, 2.24) is 0 Å². The largest absolute Gasteiger partial charge is 0.477 e. The Labute approximate surface area is 136 Å². The van der Waals surface area contributed by atoms with E-state index in [1.807, 2.05) is 6.08 Å². The zero-order valence-corrected chi connectivity index (χ0v) is 13.6. The van der Waals surface area contributed by atoms with Crippen LogP contribution < -0.4 is 0 Å². The summed E-state index contributed by atoms with van der Waals surface area (Å²) >= 11 is 0.